The number of benzene rings is 7. The van der Waals surface area contributed by atoms with Gasteiger partial charge in [0.1, 0.15) is 0 Å². The van der Waals surface area contributed by atoms with E-state index in [1.54, 1.807) is 0 Å². The van der Waals surface area contributed by atoms with Gasteiger partial charge >= 0.3 is 0 Å². The zero-order valence-electron chi connectivity index (χ0n) is 31.1. The van der Waals surface area contributed by atoms with Crippen molar-refractivity contribution in [2.75, 3.05) is 4.90 Å². The van der Waals surface area contributed by atoms with Gasteiger partial charge in [-0.1, -0.05) is 152 Å². The van der Waals surface area contributed by atoms with E-state index in [2.05, 4.69) is 206 Å². The SMILES string of the molecule is CC1(c2ccccc2)c2ccccc2-c2ccc(N(C3=CC(c4cccc5c4sc4ccccc45)=CCC3)c3ccccc3-c3c#cc4ccccc4c3)cc21. The Morgan fingerprint density at radius 2 is 1.32 bits per heavy atom. The highest BCUT2D eigenvalue weighted by Gasteiger charge is 2.41. The molecule has 0 aliphatic heterocycles. The summed E-state index contributed by atoms with van der Waals surface area (Å²) in [5.41, 5.74) is 14.6. The van der Waals surface area contributed by atoms with Crippen LogP contribution in [-0.4, -0.2) is 0 Å². The number of nitrogens with zero attached hydrogens (tertiary/aromatic N) is 1. The first-order valence-electron chi connectivity index (χ1n) is 19.5. The van der Waals surface area contributed by atoms with Gasteiger partial charge in [0.2, 0.25) is 0 Å². The number of hydrogen-bond donors (Lipinski definition) is 0. The molecular weight excluding hydrogens is 695 g/mol. The lowest BCUT2D eigenvalue weighted by Crippen LogP contribution is -2.23. The summed E-state index contributed by atoms with van der Waals surface area (Å²) in [4.78, 5) is 2.53. The lowest BCUT2D eigenvalue weighted by molar-refractivity contribution is 0.713. The molecule has 0 radical (unpaired) electrons. The molecular formula is C54H37NS. The zero-order valence-corrected chi connectivity index (χ0v) is 31.9. The molecule has 264 valence electrons. The van der Waals surface area contributed by atoms with E-state index in [0.717, 1.165) is 46.1 Å². The van der Waals surface area contributed by atoms with Gasteiger partial charge in [0.15, 0.2) is 0 Å². The molecule has 0 fully saturated rings. The van der Waals surface area contributed by atoms with E-state index < -0.39 is 0 Å². The lowest BCUT2D eigenvalue weighted by Gasteiger charge is -2.33. The van der Waals surface area contributed by atoms with Crippen molar-refractivity contribution in [1.29, 1.82) is 0 Å². The second-order valence-electron chi connectivity index (χ2n) is 15.1. The van der Waals surface area contributed by atoms with Crippen LogP contribution in [-0.2, 0) is 5.41 Å². The molecule has 2 heteroatoms. The predicted octanol–water partition coefficient (Wildman–Crippen LogP) is 14.7. The summed E-state index contributed by atoms with van der Waals surface area (Å²) < 4.78 is 2.68. The molecule has 1 aromatic heterocycles. The Hall–Kier alpha value is -6.66. The van der Waals surface area contributed by atoms with Gasteiger partial charge in [-0.3, -0.25) is 0 Å². The largest absolute Gasteiger partial charge is 0.314 e. The standard InChI is InChI=1S/C54H37NS/c1-54(40-18-3-2-4-19-40)49-26-10-7-22-45(49)46-32-31-42(35-50(46)54)55(51-27-11-8-21-43(51)39-30-29-36-15-5-6-16-37(36)33-39)41-20-13-17-38(34-41)44-24-14-25-48-47-23-9-12-28-52(47)56-53(44)48/h2-12,14-19,21-28,31-35H,13,20H2,1H3. The van der Waals surface area contributed by atoms with E-state index in [1.807, 2.05) is 11.3 Å². The summed E-state index contributed by atoms with van der Waals surface area (Å²) in [5.74, 6) is 0. The Bertz CT molecular complexity index is 3050. The lowest BCUT2D eigenvalue weighted by atomic mass is 9.74. The molecule has 1 nitrogen and oxygen atoms in total. The van der Waals surface area contributed by atoms with Crippen molar-refractivity contribution in [3.8, 4) is 22.3 Å². The summed E-state index contributed by atoms with van der Waals surface area (Å²) in [7, 11) is 0. The van der Waals surface area contributed by atoms with Crippen LogP contribution in [0.2, 0.25) is 0 Å². The number of rotatable bonds is 6. The van der Waals surface area contributed by atoms with Crippen LogP contribution >= 0.6 is 11.3 Å². The predicted molar refractivity (Wildman–Crippen MR) is 238 cm³/mol. The quantitative estimate of drug-likeness (QED) is 0.165. The van der Waals surface area contributed by atoms with Crippen molar-refractivity contribution in [2.45, 2.75) is 25.2 Å². The minimum absolute atomic E-state index is 0.307. The van der Waals surface area contributed by atoms with Crippen LogP contribution in [0.1, 0.15) is 42.0 Å². The van der Waals surface area contributed by atoms with E-state index in [-0.39, 0.29) is 5.41 Å². The molecule has 1 unspecified atom stereocenters. The average molecular weight is 732 g/mol. The summed E-state index contributed by atoms with van der Waals surface area (Å²) in [5, 5.41) is 4.89. The number of anilines is 2. The van der Waals surface area contributed by atoms with Crippen molar-refractivity contribution < 1.29 is 0 Å². The first-order valence-corrected chi connectivity index (χ1v) is 20.3. The van der Waals surface area contributed by atoms with Gasteiger partial charge in [0.25, 0.3) is 0 Å². The van der Waals surface area contributed by atoms with Crippen molar-refractivity contribution in [1.82, 2.24) is 0 Å². The highest BCUT2D eigenvalue weighted by molar-refractivity contribution is 7.26. The van der Waals surface area contributed by atoms with Crippen molar-refractivity contribution in [2.24, 2.45) is 0 Å². The first kappa shape index (κ1) is 32.7. The molecule has 0 saturated carbocycles. The van der Waals surface area contributed by atoms with E-state index in [1.165, 1.54) is 64.8 Å². The number of para-hydroxylation sites is 1. The molecule has 0 spiro atoms. The van der Waals surface area contributed by atoms with E-state index in [0.29, 0.717) is 0 Å². The fourth-order valence-electron chi connectivity index (χ4n) is 9.29. The second-order valence-corrected chi connectivity index (χ2v) is 16.2. The van der Waals surface area contributed by atoms with Crippen LogP contribution in [0, 0.1) is 12.1 Å². The van der Waals surface area contributed by atoms with Crippen LogP contribution in [0.15, 0.2) is 188 Å². The molecule has 2 aliphatic rings. The average Bonchev–Trinajstić information content (AvgIpc) is 3.77. The second kappa shape index (κ2) is 13.0. The van der Waals surface area contributed by atoms with Gasteiger partial charge in [0.05, 0.1) is 5.69 Å². The van der Waals surface area contributed by atoms with Gasteiger partial charge in [0, 0.05) is 53.5 Å². The number of fused-ring (bicyclic) bond motifs is 7. The van der Waals surface area contributed by atoms with Crippen molar-refractivity contribution >= 4 is 59.2 Å². The monoisotopic (exact) mass is 731 g/mol. The fraction of sp³-hybridized carbons (Fsp3) is 0.0741. The first-order chi connectivity index (χ1) is 27.6. The molecule has 8 aromatic carbocycles. The van der Waals surface area contributed by atoms with E-state index in [4.69, 9.17) is 0 Å². The third-order valence-electron chi connectivity index (χ3n) is 12.0. The van der Waals surface area contributed by atoms with Crippen LogP contribution in [0.3, 0.4) is 0 Å². The normalized spacial score (nSPS) is 15.9. The summed E-state index contributed by atoms with van der Waals surface area (Å²) >= 11 is 1.90. The van der Waals surface area contributed by atoms with E-state index >= 15 is 0 Å². The van der Waals surface area contributed by atoms with Gasteiger partial charge in [-0.05, 0) is 107 Å². The Balaban J connectivity index is 1.13. The van der Waals surface area contributed by atoms with Crippen molar-refractivity contribution in [3.05, 3.63) is 222 Å². The van der Waals surface area contributed by atoms with Gasteiger partial charge in [-0.25, -0.2) is 0 Å². The molecule has 2 aliphatic carbocycles. The zero-order chi connectivity index (χ0) is 37.2. The van der Waals surface area contributed by atoms with Crippen LogP contribution in [0.25, 0.3) is 58.8 Å². The Kier molecular flexibility index (Phi) is 7.59. The molecule has 0 bridgehead atoms. The highest BCUT2D eigenvalue weighted by atomic mass is 32.1. The van der Waals surface area contributed by atoms with Crippen LogP contribution in [0.5, 0.6) is 0 Å². The molecule has 9 aromatic rings. The van der Waals surface area contributed by atoms with E-state index in [9.17, 15) is 0 Å². The third-order valence-corrected chi connectivity index (χ3v) is 13.2. The molecule has 0 N–H and O–H groups in total. The minimum Gasteiger partial charge on any atom is -0.314 e. The van der Waals surface area contributed by atoms with Crippen LogP contribution in [0.4, 0.5) is 11.4 Å². The van der Waals surface area contributed by atoms with Crippen LogP contribution < -0.4 is 4.90 Å². The third kappa shape index (κ3) is 5.09. The molecule has 1 heterocycles. The highest BCUT2D eigenvalue weighted by Crippen LogP contribution is 2.54. The maximum absolute atomic E-state index is 3.55. The maximum Gasteiger partial charge on any atom is 0.0543 e. The van der Waals surface area contributed by atoms with Gasteiger partial charge < -0.3 is 4.90 Å². The number of hydrogen-bond acceptors (Lipinski definition) is 2. The summed E-state index contributed by atoms with van der Waals surface area (Å²) in [6, 6.07) is 69.3. The molecule has 0 amide bonds. The fourth-order valence-corrected chi connectivity index (χ4v) is 10.5. The molecule has 1 atom stereocenters. The number of thiophene rings is 1. The summed E-state index contributed by atoms with van der Waals surface area (Å²) in [6.07, 6.45) is 6.76. The molecule has 0 saturated heterocycles. The number of allylic oxidation sites excluding steroid dienone is 4. The van der Waals surface area contributed by atoms with Gasteiger partial charge in [-0.2, -0.15) is 0 Å². The molecule has 56 heavy (non-hydrogen) atoms. The minimum atomic E-state index is -0.307. The Morgan fingerprint density at radius 3 is 2.25 bits per heavy atom. The molecule has 11 rings (SSSR count). The van der Waals surface area contributed by atoms with Crippen molar-refractivity contribution in [3.63, 3.8) is 0 Å². The smallest absolute Gasteiger partial charge is 0.0543 e. The maximum atomic E-state index is 3.55. The summed E-state index contributed by atoms with van der Waals surface area (Å²) in [6.45, 7) is 2.40. The topological polar surface area (TPSA) is 3.24 Å². The Labute approximate surface area is 332 Å². The van der Waals surface area contributed by atoms with Gasteiger partial charge in [-0.15, -0.1) is 11.3 Å². The Morgan fingerprint density at radius 1 is 0.589 bits per heavy atom.